The molecule has 0 saturated carbocycles. The van der Waals surface area contributed by atoms with Crippen LogP contribution >= 0.6 is 15.9 Å². The predicted molar refractivity (Wildman–Crippen MR) is 71.7 cm³/mol. The molecule has 0 unspecified atom stereocenters. The van der Waals surface area contributed by atoms with Crippen molar-refractivity contribution in [3.05, 3.63) is 28.2 Å². The van der Waals surface area contributed by atoms with Gasteiger partial charge in [0.2, 0.25) is 0 Å². The number of piperazine rings is 1. The number of benzene rings is 1. The maximum Gasteiger partial charge on any atom is 0.133 e. The van der Waals surface area contributed by atoms with E-state index in [0.29, 0.717) is 0 Å². The SMILES string of the molecule is COc1ccc(C[NH+]2CC[NH+](C)CC2)cc1Br. The normalized spacial score (nSPS) is 24.6. The van der Waals surface area contributed by atoms with Gasteiger partial charge in [0.05, 0.1) is 18.6 Å². The highest BCUT2D eigenvalue weighted by Gasteiger charge is 2.20. The zero-order chi connectivity index (χ0) is 12.3. The van der Waals surface area contributed by atoms with Crippen molar-refractivity contribution in [2.24, 2.45) is 0 Å². The molecule has 0 bridgehead atoms. The first kappa shape index (κ1) is 12.9. The van der Waals surface area contributed by atoms with Crippen molar-refractivity contribution in [3.63, 3.8) is 0 Å². The van der Waals surface area contributed by atoms with E-state index in [1.54, 1.807) is 16.9 Å². The molecular formula is C13H21BrN2O+2. The van der Waals surface area contributed by atoms with E-state index in [0.717, 1.165) is 16.8 Å². The van der Waals surface area contributed by atoms with Crippen LogP contribution in [0.4, 0.5) is 0 Å². The van der Waals surface area contributed by atoms with E-state index in [9.17, 15) is 0 Å². The Morgan fingerprint density at radius 2 is 1.94 bits per heavy atom. The van der Waals surface area contributed by atoms with Crippen molar-refractivity contribution in [3.8, 4) is 5.75 Å². The molecule has 0 amide bonds. The summed E-state index contributed by atoms with van der Waals surface area (Å²) in [4.78, 5) is 3.34. The predicted octanol–water partition coefficient (Wildman–Crippen LogP) is -0.629. The van der Waals surface area contributed by atoms with E-state index >= 15 is 0 Å². The van der Waals surface area contributed by atoms with Crippen LogP contribution in [0.15, 0.2) is 22.7 Å². The van der Waals surface area contributed by atoms with E-state index in [2.05, 4.69) is 35.1 Å². The van der Waals surface area contributed by atoms with Crippen LogP contribution < -0.4 is 14.5 Å². The summed E-state index contributed by atoms with van der Waals surface area (Å²) in [5, 5.41) is 0. The van der Waals surface area contributed by atoms with Gasteiger partial charge in [-0.1, -0.05) is 0 Å². The minimum atomic E-state index is 0.909. The zero-order valence-electron chi connectivity index (χ0n) is 10.6. The van der Waals surface area contributed by atoms with Crippen LogP contribution in [0.25, 0.3) is 0 Å². The van der Waals surface area contributed by atoms with Crippen LogP contribution in [0, 0.1) is 0 Å². The minimum absolute atomic E-state index is 0.909. The van der Waals surface area contributed by atoms with Crippen molar-refractivity contribution in [2.75, 3.05) is 40.3 Å². The molecule has 2 N–H and O–H groups in total. The summed E-state index contributed by atoms with van der Waals surface area (Å²) < 4.78 is 6.30. The molecule has 2 rings (SSSR count). The first-order valence-electron chi connectivity index (χ1n) is 6.16. The lowest BCUT2D eigenvalue weighted by Crippen LogP contribution is -3.26. The van der Waals surface area contributed by atoms with Gasteiger partial charge in [-0.05, 0) is 34.1 Å². The first-order valence-corrected chi connectivity index (χ1v) is 6.95. The first-order chi connectivity index (χ1) is 8.19. The number of methoxy groups -OCH3 is 1. The van der Waals surface area contributed by atoms with Gasteiger partial charge in [0.1, 0.15) is 38.5 Å². The molecular weight excluding hydrogens is 280 g/mol. The second kappa shape index (κ2) is 5.85. The zero-order valence-corrected chi connectivity index (χ0v) is 12.1. The molecule has 3 nitrogen and oxygen atoms in total. The summed E-state index contributed by atoms with van der Waals surface area (Å²) in [6, 6.07) is 6.39. The molecule has 1 aliphatic rings. The summed E-state index contributed by atoms with van der Waals surface area (Å²) >= 11 is 3.54. The molecule has 1 saturated heterocycles. The van der Waals surface area contributed by atoms with Gasteiger partial charge in [-0.25, -0.2) is 0 Å². The fourth-order valence-corrected chi connectivity index (χ4v) is 2.90. The summed E-state index contributed by atoms with van der Waals surface area (Å²) in [7, 11) is 3.98. The fraction of sp³-hybridized carbons (Fsp3) is 0.538. The van der Waals surface area contributed by atoms with Crippen molar-refractivity contribution in [2.45, 2.75) is 6.54 Å². The molecule has 0 spiro atoms. The van der Waals surface area contributed by atoms with Crippen molar-refractivity contribution < 1.29 is 14.5 Å². The number of hydrogen-bond donors (Lipinski definition) is 2. The van der Waals surface area contributed by atoms with E-state index in [4.69, 9.17) is 4.74 Å². The van der Waals surface area contributed by atoms with Crippen molar-refractivity contribution >= 4 is 15.9 Å². The Balaban J connectivity index is 1.97. The Kier molecular flexibility index (Phi) is 4.42. The van der Waals surface area contributed by atoms with Gasteiger partial charge in [0.25, 0.3) is 0 Å². The molecule has 1 heterocycles. The number of ether oxygens (including phenoxy) is 1. The highest BCUT2D eigenvalue weighted by Crippen LogP contribution is 2.25. The van der Waals surface area contributed by atoms with Crippen LogP contribution in [0.1, 0.15) is 5.56 Å². The van der Waals surface area contributed by atoms with Gasteiger partial charge in [0, 0.05) is 5.56 Å². The Labute approximate surface area is 111 Å². The second-order valence-corrected chi connectivity index (χ2v) is 5.71. The second-order valence-electron chi connectivity index (χ2n) is 4.85. The van der Waals surface area contributed by atoms with Gasteiger partial charge in [-0.15, -0.1) is 0 Å². The topological polar surface area (TPSA) is 18.1 Å². The number of halogens is 1. The maximum atomic E-state index is 5.25. The monoisotopic (exact) mass is 300 g/mol. The number of quaternary nitrogens is 2. The average Bonchev–Trinajstić information content (AvgIpc) is 2.32. The third-order valence-electron chi connectivity index (χ3n) is 3.48. The average molecular weight is 301 g/mol. The molecule has 1 fully saturated rings. The molecule has 0 radical (unpaired) electrons. The molecule has 1 aliphatic heterocycles. The van der Waals surface area contributed by atoms with Gasteiger partial charge in [0.15, 0.2) is 0 Å². The summed E-state index contributed by atoms with van der Waals surface area (Å²) in [6.07, 6.45) is 0. The van der Waals surface area contributed by atoms with Crippen molar-refractivity contribution in [1.29, 1.82) is 0 Å². The molecule has 4 heteroatoms. The lowest BCUT2D eigenvalue weighted by molar-refractivity contribution is -1.01. The van der Waals surface area contributed by atoms with E-state index in [1.807, 2.05) is 6.07 Å². The van der Waals surface area contributed by atoms with Gasteiger partial charge in [-0.3, -0.25) is 0 Å². The summed E-state index contributed by atoms with van der Waals surface area (Å²) in [6.45, 7) is 6.24. The number of hydrogen-bond acceptors (Lipinski definition) is 1. The number of likely N-dealkylation sites (N-methyl/N-ethyl adjacent to an activating group) is 1. The Morgan fingerprint density at radius 1 is 1.24 bits per heavy atom. The minimum Gasteiger partial charge on any atom is -0.496 e. The number of rotatable bonds is 3. The standard InChI is InChI=1S/C13H19BrN2O/c1-15-5-7-16(8-6-15)10-11-3-4-13(17-2)12(14)9-11/h3-4,9H,5-8,10H2,1-2H3/p+2. The van der Waals surface area contributed by atoms with Gasteiger partial charge >= 0.3 is 0 Å². The number of nitrogens with one attached hydrogen (secondary N) is 2. The van der Waals surface area contributed by atoms with E-state index < -0.39 is 0 Å². The summed E-state index contributed by atoms with van der Waals surface area (Å²) in [5.74, 6) is 0.909. The fourth-order valence-electron chi connectivity index (χ4n) is 2.32. The molecule has 1 aromatic carbocycles. The Hall–Kier alpha value is -0.580. The van der Waals surface area contributed by atoms with Crippen LogP contribution in [-0.4, -0.2) is 40.3 Å². The molecule has 94 valence electrons. The highest BCUT2D eigenvalue weighted by molar-refractivity contribution is 9.10. The largest absolute Gasteiger partial charge is 0.496 e. The third-order valence-corrected chi connectivity index (χ3v) is 4.10. The van der Waals surface area contributed by atoms with Crippen LogP contribution in [0.3, 0.4) is 0 Å². The third kappa shape index (κ3) is 3.44. The van der Waals surface area contributed by atoms with Gasteiger partial charge in [-0.2, -0.15) is 0 Å². The molecule has 0 atom stereocenters. The summed E-state index contributed by atoms with van der Waals surface area (Å²) in [5.41, 5.74) is 1.38. The van der Waals surface area contributed by atoms with Crippen molar-refractivity contribution in [1.82, 2.24) is 0 Å². The van der Waals surface area contributed by atoms with E-state index in [-0.39, 0.29) is 0 Å². The quantitative estimate of drug-likeness (QED) is 0.761. The molecule has 0 aliphatic carbocycles. The van der Waals surface area contributed by atoms with Crippen LogP contribution in [0.2, 0.25) is 0 Å². The lowest BCUT2D eigenvalue weighted by atomic mass is 10.2. The van der Waals surface area contributed by atoms with Crippen LogP contribution in [0.5, 0.6) is 5.75 Å². The smallest absolute Gasteiger partial charge is 0.133 e. The Morgan fingerprint density at radius 3 is 2.53 bits per heavy atom. The molecule has 17 heavy (non-hydrogen) atoms. The van der Waals surface area contributed by atoms with E-state index in [1.165, 1.54) is 31.7 Å². The maximum absolute atomic E-state index is 5.25. The molecule has 1 aromatic rings. The van der Waals surface area contributed by atoms with Crippen LogP contribution in [-0.2, 0) is 6.54 Å². The van der Waals surface area contributed by atoms with Gasteiger partial charge < -0.3 is 14.5 Å². The molecule has 0 aromatic heterocycles. The Bertz CT molecular complexity index is 376. The lowest BCUT2D eigenvalue weighted by Gasteiger charge is -2.27. The highest BCUT2D eigenvalue weighted by atomic mass is 79.9.